The highest BCUT2D eigenvalue weighted by Crippen LogP contribution is 2.24. The van der Waals surface area contributed by atoms with Gasteiger partial charge in [0.1, 0.15) is 11.6 Å². The number of aromatic carboxylic acids is 1. The molecule has 2 aromatic carbocycles. The van der Waals surface area contributed by atoms with Gasteiger partial charge >= 0.3 is 5.97 Å². The summed E-state index contributed by atoms with van der Waals surface area (Å²) in [6.07, 6.45) is 0. The second-order valence-electron chi connectivity index (χ2n) is 3.06. The summed E-state index contributed by atoms with van der Waals surface area (Å²) < 4.78 is 26.5. The molecule has 76 valence electrons. The quantitative estimate of drug-likeness (QED) is 0.782. The topological polar surface area (TPSA) is 37.3 Å². The fraction of sp³-hybridized carbons (Fsp3) is 0. The van der Waals surface area contributed by atoms with Gasteiger partial charge in [0.15, 0.2) is 0 Å². The van der Waals surface area contributed by atoms with Crippen molar-refractivity contribution in [3.8, 4) is 0 Å². The van der Waals surface area contributed by atoms with Gasteiger partial charge in [-0.25, -0.2) is 13.6 Å². The van der Waals surface area contributed by atoms with E-state index < -0.39 is 17.6 Å². The molecule has 2 rings (SSSR count). The second-order valence-corrected chi connectivity index (χ2v) is 3.06. The van der Waals surface area contributed by atoms with E-state index in [9.17, 15) is 13.6 Å². The fourth-order valence-corrected chi connectivity index (χ4v) is 1.51. The molecule has 2 aromatic rings. The average Bonchev–Trinajstić information content (AvgIpc) is 2.17. The lowest BCUT2D eigenvalue weighted by atomic mass is 10.0. The van der Waals surface area contributed by atoms with Gasteiger partial charge in [-0.3, -0.25) is 0 Å². The van der Waals surface area contributed by atoms with Crippen molar-refractivity contribution in [3.05, 3.63) is 47.5 Å². The van der Waals surface area contributed by atoms with Gasteiger partial charge in [0.2, 0.25) is 0 Å². The van der Waals surface area contributed by atoms with Crippen molar-refractivity contribution in [2.75, 3.05) is 0 Å². The molecule has 0 heterocycles. The van der Waals surface area contributed by atoms with Crippen LogP contribution < -0.4 is 0 Å². The SMILES string of the molecule is O=C(O)c1ccc(F)c2c(F)cccc12. The molecule has 2 nitrogen and oxygen atoms in total. The Morgan fingerprint density at radius 2 is 1.73 bits per heavy atom. The van der Waals surface area contributed by atoms with E-state index in [1.807, 2.05) is 0 Å². The molecular formula is C11H6F2O2. The third-order valence-electron chi connectivity index (χ3n) is 2.17. The molecule has 1 N–H and O–H groups in total. The van der Waals surface area contributed by atoms with E-state index >= 15 is 0 Å². The van der Waals surface area contributed by atoms with E-state index in [1.54, 1.807) is 0 Å². The van der Waals surface area contributed by atoms with Gasteiger partial charge in [0.25, 0.3) is 0 Å². The van der Waals surface area contributed by atoms with Crippen molar-refractivity contribution in [2.24, 2.45) is 0 Å². The number of carboxylic acid groups (broad SMARTS) is 1. The van der Waals surface area contributed by atoms with Crippen molar-refractivity contribution in [1.82, 2.24) is 0 Å². The Morgan fingerprint density at radius 1 is 1.07 bits per heavy atom. The molecule has 0 unspecified atom stereocenters. The molecular weight excluding hydrogens is 202 g/mol. The van der Waals surface area contributed by atoms with Crippen LogP contribution in [-0.2, 0) is 0 Å². The Morgan fingerprint density at radius 3 is 2.40 bits per heavy atom. The maximum absolute atomic E-state index is 13.3. The summed E-state index contributed by atoms with van der Waals surface area (Å²) in [6, 6.07) is 5.90. The highest BCUT2D eigenvalue weighted by Gasteiger charge is 2.13. The minimum absolute atomic E-state index is 0.0718. The third kappa shape index (κ3) is 1.44. The number of carboxylic acids is 1. The van der Waals surface area contributed by atoms with Crippen LogP contribution in [0.3, 0.4) is 0 Å². The molecule has 0 bridgehead atoms. The number of rotatable bonds is 1. The lowest BCUT2D eigenvalue weighted by Crippen LogP contribution is -1.99. The molecule has 0 aromatic heterocycles. The first-order valence-electron chi connectivity index (χ1n) is 4.21. The normalized spacial score (nSPS) is 10.5. The highest BCUT2D eigenvalue weighted by molar-refractivity contribution is 6.03. The van der Waals surface area contributed by atoms with Gasteiger partial charge in [-0.2, -0.15) is 0 Å². The van der Waals surface area contributed by atoms with E-state index in [1.165, 1.54) is 12.1 Å². The smallest absolute Gasteiger partial charge is 0.336 e. The van der Waals surface area contributed by atoms with Gasteiger partial charge in [0.05, 0.1) is 10.9 Å². The molecule has 0 aliphatic heterocycles. The first-order chi connectivity index (χ1) is 7.11. The standard InChI is InChI=1S/C11H6F2O2/c12-8-3-1-2-6-7(11(14)15)4-5-9(13)10(6)8/h1-5H,(H,14,15). The zero-order chi connectivity index (χ0) is 11.0. The van der Waals surface area contributed by atoms with Crippen molar-refractivity contribution >= 4 is 16.7 Å². The summed E-state index contributed by atoms with van der Waals surface area (Å²) in [7, 11) is 0. The highest BCUT2D eigenvalue weighted by atomic mass is 19.1. The molecule has 0 fully saturated rings. The monoisotopic (exact) mass is 208 g/mol. The minimum atomic E-state index is -1.20. The lowest BCUT2D eigenvalue weighted by Gasteiger charge is -2.04. The molecule has 0 radical (unpaired) electrons. The first kappa shape index (κ1) is 9.58. The number of benzene rings is 2. The summed E-state index contributed by atoms with van der Waals surface area (Å²) in [5.41, 5.74) is -0.106. The van der Waals surface area contributed by atoms with Crippen LogP contribution >= 0.6 is 0 Å². The number of fused-ring (bicyclic) bond motifs is 1. The van der Waals surface area contributed by atoms with E-state index in [0.717, 1.165) is 18.2 Å². The minimum Gasteiger partial charge on any atom is -0.478 e. The molecule has 0 aliphatic carbocycles. The zero-order valence-corrected chi connectivity index (χ0v) is 7.50. The number of carbonyl (C=O) groups is 1. The maximum Gasteiger partial charge on any atom is 0.336 e. The third-order valence-corrected chi connectivity index (χ3v) is 2.17. The van der Waals surface area contributed by atoms with Crippen LogP contribution in [0.1, 0.15) is 10.4 Å². The Hall–Kier alpha value is -1.97. The summed E-state index contributed by atoms with van der Waals surface area (Å²) in [5.74, 6) is -2.72. The van der Waals surface area contributed by atoms with Gasteiger partial charge in [0, 0.05) is 5.39 Å². The molecule has 0 amide bonds. The average molecular weight is 208 g/mol. The number of hydrogen-bond acceptors (Lipinski definition) is 1. The van der Waals surface area contributed by atoms with Crippen LogP contribution in [0.5, 0.6) is 0 Å². The second kappa shape index (κ2) is 3.31. The molecule has 0 saturated heterocycles. The predicted molar refractivity (Wildman–Crippen MR) is 50.8 cm³/mol. The zero-order valence-electron chi connectivity index (χ0n) is 7.50. The maximum atomic E-state index is 13.3. The van der Waals surface area contributed by atoms with Crippen LogP contribution in [0.15, 0.2) is 30.3 Å². The van der Waals surface area contributed by atoms with Gasteiger partial charge in [-0.1, -0.05) is 12.1 Å². The molecule has 0 atom stereocenters. The largest absolute Gasteiger partial charge is 0.478 e. The van der Waals surface area contributed by atoms with Crippen molar-refractivity contribution < 1.29 is 18.7 Å². The molecule has 0 aliphatic rings. The van der Waals surface area contributed by atoms with Crippen molar-refractivity contribution in [1.29, 1.82) is 0 Å². The van der Waals surface area contributed by atoms with Crippen LogP contribution in [0.2, 0.25) is 0 Å². The molecule has 0 spiro atoms. The number of halogens is 2. The van der Waals surface area contributed by atoms with Gasteiger partial charge in [-0.15, -0.1) is 0 Å². The number of hydrogen-bond donors (Lipinski definition) is 1. The lowest BCUT2D eigenvalue weighted by molar-refractivity contribution is 0.0699. The summed E-state index contributed by atoms with van der Waals surface area (Å²) in [6.45, 7) is 0. The van der Waals surface area contributed by atoms with Crippen LogP contribution in [0.25, 0.3) is 10.8 Å². The summed E-state index contributed by atoms with van der Waals surface area (Å²) >= 11 is 0. The molecule has 0 saturated carbocycles. The molecule has 15 heavy (non-hydrogen) atoms. The van der Waals surface area contributed by atoms with E-state index in [4.69, 9.17) is 5.11 Å². The summed E-state index contributed by atoms with van der Waals surface area (Å²) in [5, 5.41) is 8.61. The van der Waals surface area contributed by atoms with Crippen LogP contribution in [0.4, 0.5) is 8.78 Å². The van der Waals surface area contributed by atoms with E-state index in [-0.39, 0.29) is 16.3 Å². The van der Waals surface area contributed by atoms with E-state index in [2.05, 4.69) is 0 Å². The Kier molecular flexibility index (Phi) is 2.11. The van der Waals surface area contributed by atoms with Crippen LogP contribution in [-0.4, -0.2) is 11.1 Å². The fourth-order valence-electron chi connectivity index (χ4n) is 1.51. The van der Waals surface area contributed by atoms with Gasteiger partial charge < -0.3 is 5.11 Å². The predicted octanol–water partition coefficient (Wildman–Crippen LogP) is 2.82. The Balaban J connectivity index is 2.95. The van der Waals surface area contributed by atoms with E-state index in [0.29, 0.717) is 0 Å². The molecule has 4 heteroatoms. The van der Waals surface area contributed by atoms with Gasteiger partial charge in [-0.05, 0) is 18.2 Å². The summed E-state index contributed by atoms with van der Waals surface area (Å²) in [4.78, 5) is 10.8. The van der Waals surface area contributed by atoms with Crippen molar-refractivity contribution in [3.63, 3.8) is 0 Å². The van der Waals surface area contributed by atoms with Crippen LogP contribution in [0, 0.1) is 11.6 Å². The first-order valence-corrected chi connectivity index (χ1v) is 4.21. The Labute approximate surface area is 83.8 Å². The van der Waals surface area contributed by atoms with Crippen molar-refractivity contribution in [2.45, 2.75) is 0 Å². The Bertz CT molecular complexity index is 541.